The lowest BCUT2D eigenvalue weighted by molar-refractivity contribution is -0.153. The van der Waals surface area contributed by atoms with Gasteiger partial charge in [0, 0.05) is 37.4 Å². The number of urea groups is 1. The summed E-state index contributed by atoms with van der Waals surface area (Å²) >= 11 is 11.8. The van der Waals surface area contributed by atoms with Crippen molar-refractivity contribution in [2.45, 2.75) is 11.5 Å². The topological polar surface area (TPSA) is 90.0 Å². The van der Waals surface area contributed by atoms with Gasteiger partial charge in [0.15, 0.2) is 11.0 Å². The van der Waals surface area contributed by atoms with Gasteiger partial charge >= 0.3 is 6.03 Å². The van der Waals surface area contributed by atoms with Crippen LogP contribution in [-0.2, 0) is 19.9 Å². The molecule has 10 heteroatoms. The van der Waals surface area contributed by atoms with Crippen molar-refractivity contribution in [1.82, 2.24) is 15.1 Å². The molecule has 2 aromatic rings. The Labute approximate surface area is 200 Å². The van der Waals surface area contributed by atoms with Gasteiger partial charge in [0.2, 0.25) is 0 Å². The molecule has 168 valence electrons. The monoisotopic (exact) mass is 482 g/mol. The van der Waals surface area contributed by atoms with Crippen LogP contribution in [0.3, 0.4) is 0 Å². The van der Waals surface area contributed by atoms with Gasteiger partial charge in [-0.2, -0.15) is 0 Å². The van der Waals surface area contributed by atoms with Crippen molar-refractivity contribution in [2.75, 3.05) is 26.0 Å². The number of barbiturate groups is 1. The highest BCUT2D eigenvalue weighted by Crippen LogP contribution is 2.60. The summed E-state index contributed by atoms with van der Waals surface area (Å²) in [5.41, 5.74) is -1.76. The third-order valence-corrected chi connectivity index (χ3v) is 7.60. The number of hydrogen-bond donors (Lipinski definition) is 1. The van der Waals surface area contributed by atoms with Gasteiger partial charge in [-0.3, -0.25) is 24.2 Å². The first-order chi connectivity index (χ1) is 15.6. The molecule has 2 atom stereocenters. The maximum atomic E-state index is 13.9. The van der Waals surface area contributed by atoms with Crippen molar-refractivity contribution in [3.05, 3.63) is 64.7 Å². The van der Waals surface area contributed by atoms with Gasteiger partial charge in [-0.15, -0.1) is 0 Å². The lowest BCUT2D eigenvalue weighted by Crippen LogP contribution is -2.66. The Hall–Kier alpha value is -3.30. The molecule has 0 saturated carbocycles. The Morgan fingerprint density at radius 3 is 2.03 bits per heavy atom. The zero-order valence-electron chi connectivity index (χ0n) is 18.0. The molecule has 5 amide bonds. The van der Waals surface area contributed by atoms with E-state index in [-0.39, 0.29) is 10.9 Å². The second kappa shape index (κ2) is 6.85. The number of carbonyl (C=O) groups is 4. The van der Waals surface area contributed by atoms with Crippen molar-refractivity contribution >= 4 is 58.2 Å². The number of nitrogens with one attached hydrogen (secondary N) is 1. The Morgan fingerprint density at radius 2 is 1.42 bits per heavy atom. The van der Waals surface area contributed by atoms with Gasteiger partial charge in [0.25, 0.3) is 17.7 Å². The number of anilines is 1. The fourth-order valence-electron chi connectivity index (χ4n) is 5.41. The molecule has 2 saturated heterocycles. The molecule has 0 unspecified atom stereocenters. The average molecular weight is 483 g/mol. The molecule has 1 N–H and O–H groups in total. The number of carbonyl (C=O) groups excluding carboxylic acids is 4. The predicted octanol–water partition coefficient (Wildman–Crippen LogP) is 2.26. The highest BCUT2D eigenvalue weighted by Gasteiger charge is 2.76. The second-order valence-corrected chi connectivity index (χ2v) is 9.29. The number of amides is 5. The Bertz CT molecular complexity index is 1260. The number of nitrogens with zero attached hydrogens (tertiary/aromatic N) is 3. The van der Waals surface area contributed by atoms with Gasteiger partial charge in [0.05, 0.1) is 5.92 Å². The third-order valence-electron chi connectivity index (χ3n) is 6.93. The summed E-state index contributed by atoms with van der Waals surface area (Å²) in [5.74, 6) is -2.97. The van der Waals surface area contributed by atoms with Crippen LogP contribution in [0.4, 0.5) is 10.5 Å². The molecule has 5 rings (SSSR count). The van der Waals surface area contributed by atoms with Crippen molar-refractivity contribution in [2.24, 2.45) is 5.41 Å². The fraction of sp³-hybridized carbons (Fsp3) is 0.261. The van der Waals surface area contributed by atoms with Crippen molar-refractivity contribution in [3.63, 3.8) is 0 Å². The van der Waals surface area contributed by atoms with Crippen molar-refractivity contribution in [1.29, 1.82) is 0 Å². The van der Waals surface area contributed by atoms with E-state index in [9.17, 15) is 19.2 Å². The van der Waals surface area contributed by atoms with E-state index in [4.69, 9.17) is 23.8 Å². The van der Waals surface area contributed by atoms with Gasteiger partial charge in [0.1, 0.15) is 4.99 Å². The number of para-hydroxylation sites is 1. The minimum absolute atomic E-state index is 0.0953. The number of thiocarbonyl (C=S) groups is 1. The molecule has 0 radical (unpaired) electrons. The minimum atomic E-state index is -1.99. The van der Waals surface area contributed by atoms with E-state index in [0.717, 1.165) is 9.80 Å². The van der Waals surface area contributed by atoms with Crippen LogP contribution in [0.5, 0.6) is 0 Å². The zero-order chi connectivity index (χ0) is 23.9. The van der Waals surface area contributed by atoms with Gasteiger partial charge < -0.3 is 10.2 Å². The van der Waals surface area contributed by atoms with Crippen molar-refractivity contribution in [3.8, 4) is 0 Å². The Morgan fingerprint density at radius 1 is 0.848 bits per heavy atom. The number of hydrogen-bond acceptors (Lipinski definition) is 5. The summed E-state index contributed by atoms with van der Waals surface area (Å²) in [7, 11) is 4.24. The summed E-state index contributed by atoms with van der Waals surface area (Å²) in [4.78, 5) is 57.2. The zero-order valence-corrected chi connectivity index (χ0v) is 19.5. The maximum Gasteiger partial charge on any atom is 0.332 e. The number of halogens is 1. The van der Waals surface area contributed by atoms with E-state index in [1.54, 1.807) is 55.6 Å². The fourth-order valence-corrected chi connectivity index (χ4v) is 5.99. The number of likely N-dealkylation sites (N-methyl/N-ethyl adjacent to an activating group) is 1. The quantitative estimate of drug-likeness (QED) is 0.495. The number of benzene rings is 2. The lowest BCUT2D eigenvalue weighted by Gasteiger charge is -2.43. The SMILES string of the molecule is CN1C(=O)N(C)C(=O)C2(C1=O)C(=S)N[C@]1(C(=O)N(C)c3ccccc31)[C@H]2c1ccc(Cl)cc1. The van der Waals surface area contributed by atoms with Crippen LogP contribution < -0.4 is 10.2 Å². The van der Waals surface area contributed by atoms with Gasteiger partial charge in [-0.05, 0) is 23.8 Å². The van der Waals surface area contributed by atoms with Crippen LogP contribution in [0.1, 0.15) is 17.0 Å². The molecule has 3 heterocycles. The predicted molar refractivity (Wildman–Crippen MR) is 125 cm³/mol. The molecule has 0 aromatic heterocycles. The first kappa shape index (κ1) is 21.5. The summed E-state index contributed by atoms with van der Waals surface area (Å²) < 4.78 is 0. The average Bonchev–Trinajstić information content (AvgIpc) is 3.21. The van der Waals surface area contributed by atoms with Crippen LogP contribution in [0.2, 0.25) is 5.02 Å². The first-order valence-electron chi connectivity index (χ1n) is 10.2. The third kappa shape index (κ3) is 2.38. The largest absolute Gasteiger partial charge is 0.360 e. The van der Waals surface area contributed by atoms with Crippen molar-refractivity contribution < 1.29 is 19.2 Å². The molecule has 3 aliphatic heterocycles. The summed E-state index contributed by atoms with van der Waals surface area (Å²) in [6.07, 6.45) is 0. The molecule has 2 fully saturated rings. The summed E-state index contributed by atoms with van der Waals surface area (Å²) in [6.45, 7) is 0. The molecule has 0 aliphatic carbocycles. The van der Waals surface area contributed by atoms with E-state index in [2.05, 4.69) is 5.32 Å². The minimum Gasteiger partial charge on any atom is -0.360 e. The van der Waals surface area contributed by atoms with Crippen LogP contribution in [0.15, 0.2) is 48.5 Å². The molecule has 33 heavy (non-hydrogen) atoms. The van der Waals surface area contributed by atoms with Crippen LogP contribution in [0.25, 0.3) is 0 Å². The normalized spacial score (nSPS) is 26.0. The van der Waals surface area contributed by atoms with Crippen LogP contribution >= 0.6 is 23.8 Å². The highest BCUT2D eigenvalue weighted by molar-refractivity contribution is 7.80. The number of imide groups is 2. The Balaban J connectivity index is 1.88. The highest BCUT2D eigenvalue weighted by atomic mass is 35.5. The van der Waals surface area contributed by atoms with E-state index in [1.807, 2.05) is 0 Å². The maximum absolute atomic E-state index is 13.9. The van der Waals surface area contributed by atoms with E-state index < -0.39 is 34.7 Å². The van der Waals surface area contributed by atoms with Crippen LogP contribution in [0, 0.1) is 5.41 Å². The summed E-state index contributed by atoms with van der Waals surface area (Å²) in [5, 5.41) is 3.56. The van der Waals surface area contributed by atoms with Gasteiger partial charge in [-0.25, -0.2) is 4.79 Å². The first-order valence-corrected chi connectivity index (χ1v) is 10.9. The number of rotatable bonds is 1. The van der Waals surface area contributed by atoms with E-state index in [0.29, 0.717) is 21.8 Å². The molecule has 3 aliphatic rings. The number of fused-ring (bicyclic) bond motifs is 2. The summed E-state index contributed by atoms with van der Waals surface area (Å²) in [6, 6.07) is 13.0. The molecular weight excluding hydrogens is 464 g/mol. The molecule has 0 bridgehead atoms. The Kier molecular flexibility index (Phi) is 4.47. The lowest BCUT2D eigenvalue weighted by atomic mass is 9.63. The van der Waals surface area contributed by atoms with E-state index in [1.165, 1.54) is 19.0 Å². The van der Waals surface area contributed by atoms with Gasteiger partial charge in [-0.1, -0.05) is 54.2 Å². The smallest absolute Gasteiger partial charge is 0.332 e. The standard InChI is InChI=1S/C23H19ClN4O4S/c1-26-15-7-5-4-6-14(15)23(20(26)31)16(12-8-10-13(24)11-9-12)22(17(33)25-23)18(29)27(2)21(32)28(3)19(22)30/h4-11,16H,1-3H3,(H,25,33)/t16-,23-/m0/s1. The molecule has 2 aromatic carbocycles. The molecule has 8 nitrogen and oxygen atoms in total. The molecule has 2 spiro atoms. The van der Waals surface area contributed by atoms with E-state index >= 15 is 0 Å². The molecular formula is C23H19ClN4O4S. The van der Waals surface area contributed by atoms with Crippen LogP contribution in [-0.4, -0.2) is 59.7 Å². The second-order valence-electron chi connectivity index (χ2n) is 8.45.